The second-order valence-corrected chi connectivity index (χ2v) is 5.66. The van der Waals surface area contributed by atoms with Crippen LogP contribution in [0.25, 0.3) is 11.1 Å². The number of carbonyl (C=O) groups is 2. The number of anilines is 1. The minimum atomic E-state index is -1.06. The summed E-state index contributed by atoms with van der Waals surface area (Å²) in [5, 5.41) is 12.2. The molecule has 0 saturated carbocycles. The number of amides is 1. The lowest BCUT2D eigenvalue weighted by molar-refractivity contribution is 0.0696. The molecule has 2 N–H and O–H groups in total. The van der Waals surface area contributed by atoms with Crippen LogP contribution in [0.3, 0.4) is 0 Å². The second-order valence-electron chi connectivity index (χ2n) is 5.66. The van der Waals surface area contributed by atoms with Crippen LogP contribution in [-0.2, 0) is 0 Å². The largest absolute Gasteiger partial charge is 0.497 e. The maximum Gasteiger partial charge on any atom is 0.335 e. The van der Waals surface area contributed by atoms with Gasteiger partial charge < -0.3 is 15.2 Å². The van der Waals surface area contributed by atoms with Gasteiger partial charge >= 0.3 is 5.97 Å². The fourth-order valence-electron chi connectivity index (χ4n) is 2.59. The van der Waals surface area contributed by atoms with Crippen molar-refractivity contribution < 1.29 is 19.4 Å². The first-order chi connectivity index (χ1) is 12.6. The van der Waals surface area contributed by atoms with Gasteiger partial charge in [0.05, 0.1) is 12.7 Å². The summed E-state index contributed by atoms with van der Waals surface area (Å²) in [4.78, 5) is 23.8. The van der Waals surface area contributed by atoms with E-state index in [1.54, 1.807) is 43.5 Å². The van der Waals surface area contributed by atoms with Crippen LogP contribution in [-0.4, -0.2) is 24.1 Å². The molecule has 130 valence electrons. The van der Waals surface area contributed by atoms with Crippen molar-refractivity contribution in [3.8, 4) is 16.9 Å². The Hall–Kier alpha value is -3.60. The smallest absolute Gasteiger partial charge is 0.335 e. The molecule has 0 saturated heterocycles. The molecule has 3 aromatic carbocycles. The number of methoxy groups -OCH3 is 1. The average molecular weight is 347 g/mol. The molecule has 0 aliphatic heterocycles. The first-order valence-corrected chi connectivity index (χ1v) is 7.96. The molecular weight excluding hydrogens is 330 g/mol. The minimum Gasteiger partial charge on any atom is -0.497 e. The molecule has 0 radical (unpaired) electrons. The summed E-state index contributed by atoms with van der Waals surface area (Å²) < 4.78 is 5.22. The topological polar surface area (TPSA) is 75.6 Å². The highest BCUT2D eigenvalue weighted by atomic mass is 16.5. The average Bonchev–Trinajstić information content (AvgIpc) is 2.68. The Morgan fingerprint density at radius 1 is 0.846 bits per heavy atom. The lowest BCUT2D eigenvalue weighted by Crippen LogP contribution is -2.12. The minimum absolute atomic E-state index is 0.0914. The number of rotatable bonds is 5. The van der Waals surface area contributed by atoms with Gasteiger partial charge in [0.1, 0.15) is 5.75 Å². The zero-order valence-electron chi connectivity index (χ0n) is 14.1. The summed E-state index contributed by atoms with van der Waals surface area (Å²) >= 11 is 0. The highest BCUT2D eigenvalue weighted by Gasteiger charge is 2.12. The van der Waals surface area contributed by atoms with Crippen LogP contribution in [0.4, 0.5) is 5.69 Å². The van der Waals surface area contributed by atoms with E-state index in [0.717, 1.165) is 5.56 Å². The SMILES string of the molecule is COc1cccc(-c2cc(NC(=O)c3ccccc3)cc(C(=O)O)c2)c1. The zero-order chi connectivity index (χ0) is 18.5. The molecule has 0 aliphatic carbocycles. The predicted octanol–water partition coefficient (Wildman–Crippen LogP) is 4.31. The Balaban J connectivity index is 1.99. The highest BCUT2D eigenvalue weighted by molar-refractivity contribution is 6.05. The fourth-order valence-corrected chi connectivity index (χ4v) is 2.59. The fraction of sp³-hybridized carbons (Fsp3) is 0.0476. The Morgan fingerprint density at radius 3 is 2.31 bits per heavy atom. The van der Waals surface area contributed by atoms with Crippen molar-refractivity contribution in [1.82, 2.24) is 0 Å². The van der Waals surface area contributed by atoms with E-state index < -0.39 is 5.97 Å². The van der Waals surface area contributed by atoms with Crippen molar-refractivity contribution in [1.29, 1.82) is 0 Å². The summed E-state index contributed by atoms with van der Waals surface area (Å²) in [7, 11) is 1.57. The van der Waals surface area contributed by atoms with Crippen LogP contribution in [0.15, 0.2) is 72.8 Å². The second kappa shape index (κ2) is 7.53. The first kappa shape index (κ1) is 17.2. The molecule has 0 aromatic heterocycles. The van der Waals surface area contributed by atoms with Crippen molar-refractivity contribution in [3.63, 3.8) is 0 Å². The third-order valence-electron chi connectivity index (χ3n) is 3.88. The van der Waals surface area contributed by atoms with Crippen molar-refractivity contribution in [3.05, 3.63) is 83.9 Å². The van der Waals surface area contributed by atoms with Gasteiger partial charge in [-0.3, -0.25) is 4.79 Å². The van der Waals surface area contributed by atoms with Crippen molar-refractivity contribution in [2.75, 3.05) is 12.4 Å². The molecule has 0 atom stereocenters. The molecule has 0 heterocycles. The molecule has 0 fully saturated rings. The van der Waals surface area contributed by atoms with Crippen LogP contribution in [0.5, 0.6) is 5.75 Å². The molecule has 0 bridgehead atoms. The highest BCUT2D eigenvalue weighted by Crippen LogP contribution is 2.28. The number of carboxylic acid groups (broad SMARTS) is 1. The van der Waals surface area contributed by atoms with Crippen molar-refractivity contribution >= 4 is 17.6 Å². The quantitative estimate of drug-likeness (QED) is 0.721. The van der Waals surface area contributed by atoms with Crippen LogP contribution in [0.1, 0.15) is 20.7 Å². The standard InChI is InChI=1S/C21H17NO4/c1-26-19-9-5-8-15(13-19)16-10-17(21(24)25)12-18(11-16)22-20(23)14-6-3-2-4-7-14/h2-13H,1H3,(H,22,23)(H,24,25). The predicted molar refractivity (Wildman–Crippen MR) is 99.8 cm³/mol. The number of hydrogen-bond donors (Lipinski definition) is 2. The summed E-state index contributed by atoms with van der Waals surface area (Å²) in [5.41, 5.74) is 2.47. The molecule has 3 aromatic rings. The van der Waals surface area contributed by atoms with Crippen LogP contribution in [0.2, 0.25) is 0 Å². The van der Waals surface area contributed by atoms with E-state index in [-0.39, 0.29) is 11.5 Å². The maximum atomic E-state index is 12.4. The van der Waals surface area contributed by atoms with E-state index in [9.17, 15) is 14.7 Å². The van der Waals surface area contributed by atoms with E-state index in [1.165, 1.54) is 6.07 Å². The van der Waals surface area contributed by atoms with Gasteiger partial charge in [-0.1, -0.05) is 30.3 Å². The Kier molecular flexibility index (Phi) is 4.99. The number of aromatic carboxylic acids is 1. The summed E-state index contributed by atoms with van der Waals surface area (Å²) in [6.07, 6.45) is 0. The van der Waals surface area contributed by atoms with Crippen LogP contribution >= 0.6 is 0 Å². The number of benzene rings is 3. The number of carboxylic acids is 1. The van der Waals surface area contributed by atoms with Crippen molar-refractivity contribution in [2.24, 2.45) is 0 Å². The zero-order valence-corrected chi connectivity index (χ0v) is 14.1. The summed E-state index contributed by atoms with van der Waals surface area (Å²) in [6, 6.07) is 20.8. The van der Waals surface area contributed by atoms with Gasteiger partial charge in [-0.15, -0.1) is 0 Å². The Labute approximate surface area is 150 Å². The number of nitrogens with one attached hydrogen (secondary N) is 1. The summed E-state index contributed by atoms with van der Waals surface area (Å²) in [5.74, 6) is -0.701. The lowest BCUT2D eigenvalue weighted by atomic mass is 10.0. The van der Waals surface area contributed by atoms with Crippen LogP contribution < -0.4 is 10.1 Å². The van der Waals surface area contributed by atoms with Gasteiger partial charge in [0.25, 0.3) is 5.91 Å². The van der Waals surface area contributed by atoms with Crippen molar-refractivity contribution in [2.45, 2.75) is 0 Å². The number of hydrogen-bond acceptors (Lipinski definition) is 3. The molecule has 26 heavy (non-hydrogen) atoms. The third kappa shape index (κ3) is 3.89. The van der Waals surface area contributed by atoms with E-state index in [2.05, 4.69) is 5.32 Å². The molecule has 0 spiro atoms. The van der Waals surface area contributed by atoms with Gasteiger partial charge in [0, 0.05) is 11.3 Å². The van der Waals surface area contributed by atoms with Gasteiger partial charge in [-0.25, -0.2) is 4.79 Å². The monoisotopic (exact) mass is 347 g/mol. The molecule has 1 amide bonds. The molecular formula is C21H17NO4. The lowest BCUT2D eigenvalue weighted by Gasteiger charge is -2.11. The Morgan fingerprint density at radius 2 is 1.62 bits per heavy atom. The normalized spacial score (nSPS) is 10.2. The molecule has 5 nitrogen and oxygen atoms in total. The molecule has 5 heteroatoms. The molecule has 3 rings (SSSR count). The van der Waals surface area contributed by atoms with Gasteiger partial charge in [0.15, 0.2) is 0 Å². The van der Waals surface area contributed by atoms with Crippen LogP contribution in [0, 0.1) is 0 Å². The maximum absolute atomic E-state index is 12.4. The van der Waals surface area contributed by atoms with E-state index in [1.807, 2.05) is 30.3 Å². The van der Waals surface area contributed by atoms with Gasteiger partial charge in [-0.2, -0.15) is 0 Å². The van der Waals surface area contributed by atoms with E-state index in [0.29, 0.717) is 22.6 Å². The van der Waals surface area contributed by atoms with E-state index >= 15 is 0 Å². The summed E-state index contributed by atoms with van der Waals surface area (Å²) in [6.45, 7) is 0. The Bertz CT molecular complexity index is 951. The first-order valence-electron chi connectivity index (χ1n) is 7.96. The van der Waals surface area contributed by atoms with Gasteiger partial charge in [0.2, 0.25) is 0 Å². The number of ether oxygens (including phenoxy) is 1. The van der Waals surface area contributed by atoms with Gasteiger partial charge in [-0.05, 0) is 53.6 Å². The van der Waals surface area contributed by atoms with E-state index in [4.69, 9.17) is 4.74 Å². The third-order valence-corrected chi connectivity index (χ3v) is 3.88. The molecule has 0 aliphatic rings. The molecule has 0 unspecified atom stereocenters. The number of carbonyl (C=O) groups excluding carboxylic acids is 1.